The fraction of sp³-hybridized carbons (Fsp3) is 0.500. The zero-order valence-corrected chi connectivity index (χ0v) is 9.97. The number of aliphatic hydroxyl groups is 1. The second-order valence-corrected chi connectivity index (χ2v) is 3.97. The van der Waals surface area contributed by atoms with Crippen LogP contribution in [0.25, 0.3) is 0 Å². The molecule has 1 aromatic carbocycles. The summed E-state index contributed by atoms with van der Waals surface area (Å²) in [7, 11) is 0. The summed E-state index contributed by atoms with van der Waals surface area (Å²) in [6.07, 6.45) is -3.81. The molecule has 0 saturated heterocycles. The summed E-state index contributed by atoms with van der Waals surface area (Å²) in [6, 6.07) is 3.41. The molecule has 0 saturated carbocycles. The highest BCUT2D eigenvalue weighted by Crippen LogP contribution is 2.26. The van der Waals surface area contributed by atoms with Gasteiger partial charge in [0.15, 0.2) is 0 Å². The van der Waals surface area contributed by atoms with Crippen LogP contribution in [0.3, 0.4) is 0 Å². The van der Waals surface area contributed by atoms with E-state index >= 15 is 0 Å². The van der Waals surface area contributed by atoms with Gasteiger partial charge in [0.05, 0.1) is 6.61 Å². The molecule has 1 aromatic rings. The van der Waals surface area contributed by atoms with E-state index in [9.17, 15) is 17.6 Å². The van der Waals surface area contributed by atoms with Crippen LogP contribution in [0.15, 0.2) is 18.2 Å². The van der Waals surface area contributed by atoms with Crippen molar-refractivity contribution in [3.8, 4) is 0 Å². The van der Waals surface area contributed by atoms with Crippen LogP contribution < -0.4 is 4.90 Å². The molecule has 18 heavy (non-hydrogen) atoms. The quantitative estimate of drug-likeness (QED) is 0.827. The van der Waals surface area contributed by atoms with E-state index in [0.29, 0.717) is 6.42 Å². The van der Waals surface area contributed by atoms with Crippen LogP contribution in [0.2, 0.25) is 0 Å². The first-order valence-electron chi connectivity index (χ1n) is 5.58. The SMILES string of the molecule is CCCN(CC(F)(F)F)c1ccc(F)cc1CO. The first-order chi connectivity index (χ1) is 8.37. The van der Waals surface area contributed by atoms with Crippen molar-refractivity contribution in [1.29, 1.82) is 0 Å². The summed E-state index contributed by atoms with van der Waals surface area (Å²) in [5.74, 6) is -0.578. The largest absolute Gasteiger partial charge is 0.405 e. The molecule has 1 rings (SSSR count). The van der Waals surface area contributed by atoms with Crippen molar-refractivity contribution in [2.24, 2.45) is 0 Å². The molecule has 0 amide bonds. The van der Waals surface area contributed by atoms with Crippen molar-refractivity contribution >= 4 is 5.69 Å². The third-order valence-corrected chi connectivity index (χ3v) is 2.42. The molecule has 0 bridgehead atoms. The summed E-state index contributed by atoms with van der Waals surface area (Å²) >= 11 is 0. The van der Waals surface area contributed by atoms with Gasteiger partial charge >= 0.3 is 6.18 Å². The van der Waals surface area contributed by atoms with Gasteiger partial charge in [-0.3, -0.25) is 0 Å². The average Bonchev–Trinajstić information content (AvgIpc) is 2.26. The summed E-state index contributed by atoms with van der Waals surface area (Å²) in [4.78, 5) is 1.10. The number of nitrogens with zero attached hydrogens (tertiary/aromatic N) is 1. The minimum absolute atomic E-state index is 0.160. The Morgan fingerprint density at radius 2 is 1.94 bits per heavy atom. The third kappa shape index (κ3) is 4.18. The predicted octanol–water partition coefficient (Wildman–Crippen LogP) is 3.10. The number of hydrogen-bond donors (Lipinski definition) is 1. The number of rotatable bonds is 5. The Kier molecular flexibility index (Phi) is 4.95. The van der Waals surface area contributed by atoms with Gasteiger partial charge in [-0.05, 0) is 24.6 Å². The molecule has 0 radical (unpaired) electrons. The Balaban J connectivity index is 3.04. The average molecular weight is 265 g/mol. The van der Waals surface area contributed by atoms with Crippen molar-refractivity contribution < 1.29 is 22.7 Å². The zero-order chi connectivity index (χ0) is 13.8. The maximum Gasteiger partial charge on any atom is 0.405 e. The van der Waals surface area contributed by atoms with Gasteiger partial charge in [-0.2, -0.15) is 13.2 Å². The van der Waals surface area contributed by atoms with E-state index in [2.05, 4.69) is 0 Å². The number of aliphatic hydroxyl groups excluding tert-OH is 1. The number of halogens is 4. The van der Waals surface area contributed by atoms with Crippen LogP contribution in [0, 0.1) is 5.82 Å². The van der Waals surface area contributed by atoms with Crippen molar-refractivity contribution in [2.75, 3.05) is 18.0 Å². The van der Waals surface area contributed by atoms with Crippen molar-refractivity contribution in [3.63, 3.8) is 0 Å². The fourth-order valence-electron chi connectivity index (χ4n) is 1.76. The van der Waals surface area contributed by atoms with Crippen molar-refractivity contribution in [2.45, 2.75) is 26.1 Å². The molecular formula is C12H15F4NO. The van der Waals surface area contributed by atoms with Gasteiger partial charge < -0.3 is 10.0 Å². The van der Waals surface area contributed by atoms with Gasteiger partial charge in [-0.25, -0.2) is 4.39 Å². The standard InChI is InChI=1S/C12H15F4NO/c1-2-5-17(8-12(14,15)16)11-4-3-10(13)6-9(11)7-18/h3-4,6,18H,2,5,7-8H2,1H3. The summed E-state index contributed by atoms with van der Waals surface area (Å²) in [5.41, 5.74) is 0.380. The van der Waals surface area contributed by atoms with Crippen molar-refractivity contribution in [1.82, 2.24) is 0 Å². The van der Waals surface area contributed by atoms with E-state index in [1.165, 1.54) is 6.07 Å². The highest BCUT2D eigenvalue weighted by Gasteiger charge is 2.31. The van der Waals surface area contributed by atoms with E-state index in [1.54, 1.807) is 6.92 Å². The number of anilines is 1. The topological polar surface area (TPSA) is 23.5 Å². The smallest absolute Gasteiger partial charge is 0.392 e. The van der Waals surface area contributed by atoms with Gasteiger partial charge in [0.2, 0.25) is 0 Å². The Bertz CT molecular complexity index is 392. The second-order valence-electron chi connectivity index (χ2n) is 3.97. The Labute approximate surface area is 103 Å². The van der Waals surface area contributed by atoms with Crippen LogP contribution in [-0.4, -0.2) is 24.4 Å². The molecule has 0 aliphatic carbocycles. The maximum atomic E-state index is 13.0. The van der Waals surface area contributed by atoms with Crippen LogP contribution in [-0.2, 0) is 6.61 Å². The third-order valence-electron chi connectivity index (χ3n) is 2.42. The van der Waals surface area contributed by atoms with Crippen LogP contribution in [0.4, 0.5) is 23.2 Å². The van der Waals surface area contributed by atoms with Crippen LogP contribution in [0.5, 0.6) is 0 Å². The lowest BCUT2D eigenvalue weighted by atomic mass is 10.1. The van der Waals surface area contributed by atoms with Crippen LogP contribution >= 0.6 is 0 Å². The summed E-state index contributed by atoms with van der Waals surface area (Å²) in [6.45, 7) is 0.342. The normalized spacial score (nSPS) is 11.7. The van der Waals surface area contributed by atoms with E-state index in [-0.39, 0.29) is 17.8 Å². The second kappa shape index (κ2) is 6.04. The molecule has 0 aliphatic heterocycles. The summed E-state index contributed by atoms with van der Waals surface area (Å²) in [5, 5.41) is 9.08. The Morgan fingerprint density at radius 1 is 1.28 bits per heavy atom. The number of alkyl halides is 3. The van der Waals surface area contributed by atoms with E-state index in [1.807, 2.05) is 0 Å². The number of benzene rings is 1. The lowest BCUT2D eigenvalue weighted by molar-refractivity contribution is -0.119. The van der Waals surface area contributed by atoms with Gasteiger partial charge in [0, 0.05) is 17.8 Å². The van der Waals surface area contributed by atoms with Gasteiger partial charge in [0.25, 0.3) is 0 Å². The molecule has 0 spiro atoms. The minimum atomic E-state index is -4.34. The highest BCUT2D eigenvalue weighted by atomic mass is 19.4. The molecule has 2 nitrogen and oxygen atoms in total. The monoisotopic (exact) mass is 265 g/mol. The summed E-state index contributed by atoms with van der Waals surface area (Å²) < 4.78 is 50.3. The van der Waals surface area contributed by atoms with Crippen molar-refractivity contribution in [3.05, 3.63) is 29.6 Å². The molecule has 0 atom stereocenters. The van der Waals surface area contributed by atoms with E-state index < -0.39 is 25.1 Å². The lowest BCUT2D eigenvalue weighted by Gasteiger charge is -2.27. The first kappa shape index (κ1) is 14.8. The van der Waals surface area contributed by atoms with E-state index in [0.717, 1.165) is 17.0 Å². The molecular weight excluding hydrogens is 250 g/mol. The van der Waals surface area contributed by atoms with Gasteiger partial charge in [-0.15, -0.1) is 0 Å². The lowest BCUT2D eigenvalue weighted by Crippen LogP contribution is -2.35. The molecule has 0 unspecified atom stereocenters. The van der Waals surface area contributed by atoms with Crippen LogP contribution in [0.1, 0.15) is 18.9 Å². The molecule has 0 aliphatic rings. The molecule has 0 heterocycles. The molecule has 102 valence electrons. The highest BCUT2D eigenvalue weighted by molar-refractivity contribution is 5.53. The number of hydrogen-bond acceptors (Lipinski definition) is 2. The molecule has 1 N–H and O–H groups in total. The Morgan fingerprint density at radius 3 is 2.44 bits per heavy atom. The molecule has 0 fully saturated rings. The van der Waals surface area contributed by atoms with Gasteiger partial charge in [-0.1, -0.05) is 6.92 Å². The zero-order valence-electron chi connectivity index (χ0n) is 9.97. The maximum absolute atomic E-state index is 13.0. The minimum Gasteiger partial charge on any atom is -0.392 e. The van der Waals surface area contributed by atoms with Gasteiger partial charge in [0.1, 0.15) is 12.4 Å². The predicted molar refractivity (Wildman–Crippen MR) is 60.9 cm³/mol. The fourth-order valence-corrected chi connectivity index (χ4v) is 1.76. The van der Waals surface area contributed by atoms with E-state index in [4.69, 9.17) is 5.11 Å². The molecule has 6 heteroatoms. The molecule has 0 aromatic heterocycles. The Hall–Kier alpha value is -1.30. The first-order valence-corrected chi connectivity index (χ1v) is 5.58.